The van der Waals surface area contributed by atoms with Crippen LogP contribution in [0.5, 0.6) is 0 Å². The van der Waals surface area contributed by atoms with Gasteiger partial charge in [-0.05, 0) is 44.2 Å². The van der Waals surface area contributed by atoms with Crippen molar-refractivity contribution in [2.75, 3.05) is 25.0 Å². The van der Waals surface area contributed by atoms with E-state index in [0.29, 0.717) is 5.41 Å². The molecule has 1 aliphatic rings. The second kappa shape index (κ2) is 6.90. The van der Waals surface area contributed by atoms with Crippen molar-refractivity contribution in [1.29, 1.82) is 0 Å². The third-order valence-electron chi connectivity index (χ3n) is 3.46. The van der Waals surface area contributed by atoms with Gasteiger partial charge in [0.25, 0.3) is 0 Å². The minimum atomic E-state index is 0.654. The lowest BCUT2D eigenvalue weighted by Gasteiger charge is -2.26. The molecule has 2 heteroatoms. The highest BCUT2D eigenvalue weighted by Gasteiger charge is 2.42. The van der Waals surface area contributed by atoms with Gasteiger partial charge in [0.05, 0.1) is 0 Å². The van der Waals surface area contributed by atoms with Crippen molar-refractivity contribution in [3.63, 3.8) is 0 Å². The van der Waals surface area contributed by atoms with Crippen molar-refractivity contribution < 1.29 is 0 Å². The average Bonchev–Trinajstić information content (AvgIpc) is 3.03. The molecule has 0 aromatic rings. The monoisotopic (exact) mass is 275 g/mol. The summed E-state index contributed by atoms with van der Waals surface area (Å²) in [5.41, 5.74) is 0.654. The second-order valence-electron chi connectivity index (χ2n) is 5.12. The Kier molecular flexibility index (Phi) is 6.21. The molecule has 1 fully saturated rings. The fourth-order valence-electron chi connectivity index (χ4n) is 2.02. The van der Waals surface area contributed by atoms with E-state index in [9.17, 15) is 0 Å². The maximum Gasteiger partial charge on any atom is 0.0100 e. The van der Waals surface area contributed by atoms with Gasteiger partial charge in [-0.2, -0.15) is 0 Å². The molecular formula is C13H26BrN. The standard InChI is InChI=1S/C13H26BrN/c1-3-5-9-15(10-6-4-2)12-13(11-14)7-8-13/h3-12H2,1-2H3. The highest BCUT2D eigenvalue weighted by atomic mass is 79.9. The van der Waals surface area contributed by atoms with Crippen LogP contribution in [0.1, 0.15) is 52.4 Å². The molecule has 0 atom stereocenters. The zero-order valence-corrected chi connectivity index (χ0v) is 12.0. The van der Waals surface area contributed by atoms with E-state index in [1.807, 2.05) is 0 Å². The summed E-state index contributed by atoms with van der Waals surface area (Å²) in [6.45, 7) is 8.53. The van der Waals surface area contributed by atoms with Gasteiger partial charge >= 0.3 is 0 Å². The highest BCUT2D eigenvalue weighted by molar-refractivity contribution is 9.09. The number of halogens is 1. The predicted octanol–water partition coefficient (Wildman–Crippen LogP) is 4.06. The fourth-order valence-corrected chi connectivity index (χ4v) is 2.76. The van der Waals surface area contributed by atoms with Crippen molar-refractivity contribution in [2.45, 2.75) is 52.4 Å². The van der Waals surface area contributed by atoms with Gasteiger partial charge in [-0.3, -0.25) is 0 Å². The molecular weight excluding hydrogens is 250 g/mol. The van der Waals surface area contributed by atoms with Crippen molar-refractivity contribution in [3.8, 4) is 0 Å². The Morgan fingerprint density at radius 2 is 1.60 bits per heavy atom. The van der Waals surface area contributed by atoms with E-state index >= 15 is 0 Å². The lowest BCUT2D eigenvalue weighted by Crippen LogP contribution is -2.33. The van der Waals surface area contributed by atoms with Gasteiger partial charge < -0.3 is 4.90 Å². The van der Waals surface area contributed by atoms with Gasteiger partial charge in [-0.25, -0.2) is 0 Å². The smallest absolute Gasteiger partial charge is 0.0100 e. The third kappa shape index (κ3) is 4.86. The molecule has 1 nitrogen and oxygen atoms in total. The first-order valence-corrected chi connectivity index (χ1v) is 7.67. The molecule has 0 unspecified atom stereocenters. The number of rotatable bonds is 9. The van der Waals surface area contributed by atoms with Gasteiger partial charge in [0.15, 0.2) is 0 Å². The van der Waals surface area contributed by atoms with Crippen LogP contribution in [-0.4, -0.2) is 29.9 Å². The molecule has 1 saturated carbocycles. The number of unbranched alkanes of at least 4 members (excludes halogenated alkanes) is 2. The van der Waals surface area contributed by atoms with Crippen LogP contribution in [0, 0.1) is 5.41 Å². The van der Waals surface area contributed by atoms with Crippen LogP contribution in [0.25, 0.3) is 0 Å². The van der Waals surface area contributed by atoms with E-state index < -0.39 is 0 Å². The van der Waals surface area contributed by atoms with Gasteiger partial charge in [0, 0.05) is 11.9 Å². The van der Waals surface area contributed by atoms with E-state index in [2.05, 4.69) is 34.7 Å². The van der Waals surface area contributed by atoms with Crippen molar-refractivity contribution >= 4 is 15.9 Å². The van der Waals surface area contributed by atoms with Crippen LogP contribution >= 0.6 is 15.9 Å². The zero-order valence-electron chi connectivity index (χ0n) is 10.4. The Labute approximate surface area is 104 Å². The lowest BCUT2D eigenvalue weighted by atomic mass is 10.1. The molecule has 0 N–H and O–H groups in total. The second-order valence-corrected chi connectivity index (χ2v) is 5.68. The lowest BCUT2D eigenvalue weighted by molar-refractivity contribution is 0.224. The van der Waals surface area contributed by atoms with Crippen molar-refractivity contribution in [1.82, 2.24) is 4.90 Å². The van der Waals surface area contributed by atoms with E-state index in [1.165, 1.54) is 63.5 Å². The summed E-state index contributed by atoms with van der Waals surface area (Å²) in [5, 5.41) is 1.20. The summed E-state index contributed by atoms with van der Waals surface area (Å²) in [6, 6.07) is 0. The summed E-state index contributed by atoms with van der Waals surface area (Å²) >= 11 is 3.67. The summed E-state index contributed by atoms with van der Waals surface area (Å²) in [4.78, 5) is 2.70. The summed E-state index contributed by atoms with van der Waals surface area (Å²) < 4.78 is 0. The predicted molar refractivity (Wildman–Crippen MR) is 71.7 cm³/mol. The molecule has 1 rings (SSSR count). The fraction of sp³-hybridized carbons (Fsp3) is 1.00. The molecule has 90 valence electrons. The molecule has 0 radical (unpaired) electrons. The molecule has 0 saturated heterocycles. The summed E-state index contributed by atoms with van der Waals surface area (Å²) in [6.07, 6.45) is 8.25. The Bertz CT molecular complexity index is 158. The minimum Gasteiger partial charge on any atom is -0.303 e. The van der Waals surface area contributed by atoms with Gasteiger partial charge in [-0.15, -0.1) is 0 Å². The maximum absolute atomic E-state index is 3.67. The normalized spacial score (nSPS) is 18.4. The van der Waals surface area contributed by atoms with Crippen LogP contribution < -0.4 is 0 Å². The topological polar surface area (TPSA) is 3.24 Å². The Morgan fingerprint density at radius 3 is 1.93 bits per heavy atom. The van der Waals surface area contributed by atoms with Crippen LogP contribution in [0.4, 0.5) is 0 Å². The Balaban J connectivity index is 2.27. The first kappa shape index (κ1) is 13.5. The van der Waals surface area contributed by atoms with Crippen LogP contribution in [0.15, 0.2) is 0 Å². The van der Waals surface area contributed by atoms with Crippen LogP contribution in [0.3, 0.4) is 0 Å². The molecule has 0 aromatic heterocycles. The van der Waals surface area contributed by atoms with Crippen LogP contribution in [-0.2, 0) is 0 Å². The van der Waals surface area contributed by atoms with E-state index in [0.717, 1.165) is 0 Å². The summed E-state index contributed by atoms with van der Waals surface area (Å²) in [5.74, 6) is 0. The quantitative estimate of drug-likeness (QED) is 0.574. The first-order chi connectivity index (χ1) is 7.26. The first-order valence-electron chi connectivity index (χ1n) is 6.54. The van der Waals surface area contributed by atoms with Crippen LogP contribution in [0.2, 0.25) is 0 Å². The largest absolute Gasteiger partial charge is 0.303 e. The highest BCUT2D eigenvalue weighted by Crippen LogP contribution is 2.47. The zero-order chi connectivity index (χ0) is 11.1. The molecule has 15 heavy (non-hydrogen) atoms. The molecule has 0 aromatic carbocycles. The summed E-state index contributed by atoms with van der Waals surface area (Å²) in [7, 11) is 0. The van der Waals surface area contributed by atoms with Gasteiger partial charge in [-0.1, -0.05) is 42.6 Å². The number of hydrogen-bond donors (Lipinski definition) is 0. The average molecular weight is 276 g/mol. The van der Waals surface area contributed by atoms with E-state index in [4.69, 9.17) is 0 Å². The maximum atomic E-state index is 3.67. The Morgan fingerprint density at radius 1 is 1.07 bits per heavy atom. The molecule has 1 aliphatic carbocycles. The van der Waals surface area contributed by atoms with E-state index in [1.54, 1.807) is 0 Å². The minimum absolute atomic E-state index is 0.654. The SMILES string of the molecule is CCCCN(CCCC)CC1(CBr)CC1. The Hall–Kier alpha value is 0.440. The molecule has 0 bridgehead atoms. The third-order valence-corrected chi connectivity index (χ3v) is 4.64. The van der Waals surface area contributed by atoms with Crippen molar-refractivity contribution in [3.05, 3.63) is 0 Å². The van der Waals surface area contributed by atoms with E-state index in [-0.39, 0.29) is 0 Å². The number of hydrogen-bond acceptors (Lipinski definition) is 1. The molecule has 0 heterocycles. The molecule has 0 amide bonds. The number of alkyl halides is 1. The molecule has 0 aliphatic heterocycles. The molecule has 0 spiro atoms. The van der Waals surface area contributed by atoms with Crippen molar-refractivity contribution in [2.24, 2.45) is 5.41 Å². The number of nitrogens with zero attached hydrogens (tertiary/aromatic N) is 1. The van der Waals surface area contributed by atoms with Gasteiger partial charge in [0.1, 0.15) is 0 Å². The van der Waals surface area contributed by atoms with Gasteiger partial charge in [0.2, 0.25) is 0 Å².